The lowest BCUT2D eigenvalue weighted by molar-refractivity contribution is 0.279. The number of aromatic nitrogens is 1. The lowest BCUT2D eigenvalue weighted by atomic mass is 10.1. The first-order valence-corrected chi connectivity index (χ1v) is 6.93. The molecule has 1 aliphatic rings. The average Bonchev–Trinajstić information content (AvgIpc) is 2.85. The molecule has 1 fully saturated rings. The third-order valence-electron chi connectivity index (χ3n) is 3.46. The molecule has 0 aromatic carbocycles. The minimum atomic E-state index is 0.287. The molecule has 18 heavy (non-hydrogen) atoms. The van der Waals surface area contributed by atoms with Crippen LogP contribution in [0.4, 0.5) is 11.6 Å². The fraction of sp³-hybridized carbons (Fsp3) is 0.643. The first-order chi connectivity index (χ1) is 8.85. The minimum Gasteiger partial charge on any atom is -0.396 e. The Morgan fingerprint density at radius 2 is 2.39 bits per heavy atom. The van der Waals surface area contributed by atoms with E-state index in [2.05, 4.69) is 34.3 Å². The molecule has 1 aliphatic heterocycles. The second kappa shape index (κ2) is 6.59. The Morgan fingerprint density at radius 1 is 1.50 bits per heavy atom. The predicted octanol–water partition coefficient (Wildman–Crippen LogP) is 2.25. The molecule has 2 N–H and O–H groups in total. The van der Waals surface area contributed by atoms with E-state index in [-0.39, 0.29) is 6.61 Å². The minimum absolute atomic E-state index is 0.287. The van der Waals surface area contributed by atoms with Crippen LogP contribution in [0.15, 0.2) is 18.2 Å². The van der Waals surface area contributed by atoms with Gasteiger partial charge in [-0.25, -0.2) is 4.98 Å². The molecule has 0 radical (unpaired) electrons. The summed E-state index contributed by atoms with van der Waals surface area (Å²) in [5.41, 5.74) is 0. The van der Waals surface area contributed by atoms with Crippen LogP contribution in [0.25, 0.3) is 0 Å². The van der Waals surface area contributed by atoms with Crippen molar-refractivity contribution in [2.45, 2.75) is 38.6 Å². The zero-order chi connectivity index (χ0) is 12.8. The highest BCUT2D eigenvalue weighted by Crippen LogP contribution is 2.27. The van der Waals surface area contributed by atoms with Crippen LogP contribution in [0.2, 0.25) is 0 Å². The van der Waals surface area contributed by atoms with E-state index < -0.39 is 0 Å². The molecule has 0 saturated carbocycles. The Morgan fingerprint density at radius 3 is 3.17 bits per heavy atom. The van der Waals surface area contributed by atoms with Crippen molar-refractivity contribution < 1.29 is 5.11 Å². The normalized spacial score (nSPS) is 19.2. The third-order valence-corrected chi connectivity index (χ3v) is 3.46. The zero-order valence-electron chi connectivity index (χ0n) is 11.1. The largest absolute Gasteiger partial charge is 0.396 e. The summed E-state index contributed by atoms with van der Waals surface area (Å²) in [6, 6.07) is 6.69. The first kappa shape index (κ1) is 13.1. The van der Waals surface area contributed by atoms with Crippen molar-refractivity contribution in [2.24, 2.45) is 0 Å². The molecular weight excluding hydrogens is 226 g/mol. The second-order valence-electron chi connectivity index (χ2n) is 4.77. The number of nitrogens with one attached hydrogen (secondary N) is 1. The van der Waals surface area contributed by atoms with E-state index in [4.69, 9.17) is 5.11 Å². The van der Waals surface area contributed by atoms with Gasteiger partial charge in [-0.05, 0) is 44.7 Å². The molecule has 1 saturated heterocycles. The highest BCUT2D eigenvalue weighted by Gasteiger charge is 2.25. The van der Waals surface area contributed by atoms with Crippen LogP contribution in [-0.4, -0.2) is 35.8 Å². The molecule has 100 valence electrons. The zero-order valence-corrected chi connectivity index (χ0v) is 11.1. The van der Waals surface area contributed by atoms with Crippen molar-refractivity contribution >= 4 is 11.6 Å². The van der Waals surface area contributed by atoms with Gasteiger partial charge in [-0.15, -0.1) is 0 Å². The summed E-state index contributed by atoms with van der Waals surface area (Å²) >= 11 is 0. The maximum atomic E-state index is 8.95. The van der Waals surface area contributed by atoms with Gasteiger partial charge in [0.1, 0.15) is 11.6 Å². The van der Waals surface area contributed by atoms with Gasteiger partial charge in [0.15, 0.2) is 0 Å². The molecule has 1 unspecified atom stereocenters. The SMILES string of the molecule is CCNc1cccc(N2CCCC2CCCO)n1. The van der Waals surface area contributed by atoms with Crippen LogP contribution < -0.4 is 10.2 Å². The summed E-state index contributed by atoms with van der Waals surface area (Å²) < 4.78 is 0. The standard InChI is InChI=1S/C14H23N3O/c1-2-15-13-8-3-9-14(16-13)17-10-4-6-12(17)7-5-11-18/h3,8-9,12,18H,2,4-7,10-11H2,1H3,(H,15,16). The number of hydrogen-bond acceptors (Lipinski definition) is 4. The first-order valence-electron chi connectivity index (χ1n) is 6.93. The van der Waals surface area contributed by atoms with Crippen molar-refractivity contribution in [2.75, 3.05) is 29.9 Å². The van der Waals surface area contributed by atoms with E-state index in [0.29, 0.717) is 6.04 Å². The predicted molar refractivity (Wildman–Crippen MR) is 75.1 cm³/mol. The fourth-order valence-electron chi connectivity index (χ4n) is 2.63. The van der Waals surface area contributed by atoms with Crippen molar-refractivity contribution in [1.82, 2.24) is 4.98 Å². The molecule has 0 spiro atoms. The summed E-state index contributed by atoms with van der Waals surface area (Å²) in [5, 5.41) is 12.2. The molecule has 1 atom stereocenters. The van der Waals surface area contributed by atoms with Gasteiger partial charge in [-0.3, -0.25) is 0 Å². The van der Waals surface area contributed by atoms with Crippen LogP contribution in [0.3, 0.4) is 0 Å². The quantitative estimate of drug-likeness (QED) is 0.812. The van der Waals surface area contributed by atoms with E-state index in [0.717, 1.165) is 37.6 Å². The maximum Gasteiger partial charge on any atom is 0.131 e. The molecular formula is C14H23N3O. The molecule has 4 heteroatoms. The number of anilines is 2. The van der Waals surface area contributed by atoms with Crippen LogP contribution in [0.5, 0.6) is 0 Å². The number of hydrogen-bond donors (Lipinski definition) is 2. The Bertz CT molecular complexity index is 370. The second-order valence-corrected chi connectivity index (χ2v) is 4.77. The lowest BCUT2D eigenvalue weighted by Gasteiger charge is -2.26. The molecule has 4 nitrogen and oxygen atoms in total. The Labute approximate surface area is 109 Å². The van der Waals surface area contributed by atoms with Crippen molar-refractivity contribution in [3.63, 3.8) is 0 Å². The van der Waals surface area contributed by atoms with E-state index >= 15 is 0 Å². The van der Waals surface area contributed by atoms with Gasteiger partial charge in [0.2, 0.25) is 0 Å². The van der Waals surface area contributed by atoms with Gasteiger partial charge >= 0.3 is 0 Å². The van der Waals surface area contributed by atoms with Crippen LogP contribution in [0.1, 0.15) is 32.6 Å². The monoisotopic (exact) mass is 249 g/mol. The topological polar surface area (TPSA) is 48.4 Å². The lowest BCUT2D eigenvalue weighted by Crippen LogP contribution is -2.30. The molecule has 0 amide bonds. The van der Waals surface area contributed by atoms with Crippen LogP contribution in [-0.2, 0) is 0 Å². The van der Waals surface area contributed by atoms with Gasteiger partial charge in [0.05, 0.1) is 0 Å². The maximum absolute atomic E-state index is 8.95. The van der Waals surface area contributed by atoms with Crippen molar-refractivity contribution in [1.29, 1.82) is 0 Å². The third kappa shape index (κ3) is 3.13. The van der Waals surface area contributed by atoms with E-state index in [1.54, 1.807) is 0 Å². The van der Waals surface area contributed by atoms with Gasteiger partial charge < -0.3 is 15.3 Å². The number of rotatable bonds is 6. The summed E-state index contributed by atoms with van der Waals surface area (Å²) in [5.74, 6) is 2.01. The number of nitrogens with zero attached hydrogens (tertiary/aromatic N) is 2. The summed E-state index contributed by atoms with van der Waals surface area (Å²) in [7, 11) is 0. The Hall–Kier alpha value is -1.29. The highest BCUT2D eigenvalue weighted by atomic mass is 16.2. The number of pyridine rings is 1. The Balaban J connectivity index is 2.06. The number of aliphatic hydroxyl groups is 1. The summed E-state index contributed by atoms with van der Waals surface area (Å²) in [6.07, 6.45) is 4.38. The number of aliphatic hydroxyl groups excluding tert-OH is 1. The van der Waals surface area contributed by atoms with Crippen LogP contribution in [0, 0.1) is 0 Å². The molecule has 1 aromatic rings. The van der Waals surface area contributed by atoms with E-state index in [1.165, 1.54) is 12.8 Å². The molecule has 2 rings (SSSR count). The van der Waals surface area contributed by atoms with Crippen LogP contribution >= 0.6 is 0 Å². The van der Waals surface area contributed by atoms with Gasteiger partial charge in [0.25, 0.3) is 0 Å². The van der Waals surface area contributed by atoms with Gasteiger partial charge in [0, 0.05) is 25.7 Å². The highest BCUT2D eigenvalue weighted by molar-refractivity contribution is 5.48. The fourth-order valence-corrected chi connectivity index (χ4v) is 2.63. The Kier molecular flexibility index (Phi) is 4.81. The van der Waals surface area contributed by atoms with E-state index in [1.807, 2.05) is 6.07 Å². The van der Waals surface area contributed by atoms with Gasteiger partial charge in [-0.2, -0.15) is 0 Å². The molecule has 1 aromatic heterocycles. The van der Waals surface area contributed by atoms with Gasteiger partial charge in [-0.1, -0.05) is 6.07 Å². The van der Waals surface area contributed by atoms with Crippen molar-refractivity contribution in [3.05, 3.63) is 18.2 Å². The molecule has 2 heterocycles. The molecule has 0 aliphatic carbocycles. The smallest absolute Gasteiger partial charge is 0.131 e. The summed E-state index contributed by atoms with van der Waals surface area (Å²) in [4.78, 5) is 7.04. The van der Waals surface area contributed by atoms with Crippen molar-refractivity contribution in [3.8, 4) is 0 Å². The molecule has 0 bridgehead atoms. The summed E-state index contributed by atoms with van der Waals surface area (Å²) in [6.45, 7) is 4.34. The average molecular weight is 249 g/mol. The van der Waals surface area contributed by atoms with E-state index in [9.17, 15) is 0 Å².